The second kappa shape index (κ2) is 5.61. The molecule has 0 spiro atoms. The van der Waals surface area contributed by atoms with Gasteiger partial charge in [-0.1, -0.05) is 12.8 Å². The topological polar surface area (TPSA) is 15.3 Å². The average Bonchev–Trinajstić information content (AvgIpc) is 2.55. The van der Waals surface area contributed by atoms with Gasteiger partial charge >= 0.3 is 0 Å². The van der Waals surface area contributed by atoms with Crippen LogP contribution >= 0.6 is 0 Å². The van der Waals surface area contributed by atoms with E-state index in [0.29, 0.717) is 0 Å². The van der Waals surface area contributed by atoms with Crippen LogP contribution in [0.5, 0.6) is 0 Å². The average molecular weight is 184 g/mol. The van der Waals surface area contributed by atoms with E-state index < -0.39 is 0 Å². The summed E-state index contributed by atoms with van der Waals surface area (Å²) in [5.41, 5.74) is 0. The van der Waals surface area contributed by atoms with Gasteiger partial charge in [-0.3, -0.25) is 0 Å². The monoisotopic (exact) mass is 184 g/mol. The third-order valence-electron chi connectivity index (χ3n) is 3.13. The van der Waals surface area contributed by atoms with Crippen LogP contribution in [0.1, 0.15) is 32.6 Å². The lowest BCUT2D eigenvalue weighted by Crippen LogP contribution is -2.36. The van der Waals surface area contributed by atoms with Gasteiger partial charge in [0.25, 0.3) is 0 Å². The molecular weight excluding hydrogens is 160 g/mol. The van der Waals surface area contributed by atoms with Gasteiger partial charge in [0.1, 0.15) is 0 Å². The van der Waals surface area contributed by atoms with Crippen LogP contribution < -0.4 is 5.32 Å². The van der Waals surface area contributed by atoms with Gasteiger partial charge in [0.05, 0.1) is 0 Å². The molecule has 0 aromatic carbocycles. The van der Waals surface area contributed by atoms with Crippen molar-refractivity contribution in [3.05, 3.63) is 0 Å². The summed E-state index contributed by atoms with van der Waals surface area (Å²) in [5, 5.41) is 3.61. The molecule has 0 bridgehead atoms. The van der Waals surface area contributed by atoms with E-state index in [0.717, 1.165) is 25.0 Å². The van der Waals surface area contributed by atoms with Crippen LogP contribution in [0.3, 0.4) is 0 Å². The predicted molar refractivity (Wildman–Crippen MR) is 58.0 cm³/mol. The first-order chi connectivity index (χ1) is 6.20. The maximum Gasteiger partial charge on any atom is 0.0101 e. The highest BCUT2D eigenvalue weighted by molar-refractivity contribution is 4.77. The summed E-state index contributed by atoms with van der Waals surface area (Å²) in [7, 11) is 4.25. The lowest BCUT2D eigenvalue weighted by molar-refractivity contribution is 0.343. The van der Waals surface area contributed by atoms with Crippen molar-refractivity contribution in [3.8, 4) is 0 Å². The zero-order valence-electron chi connectivity index (χ0n) is 9.34. The molecule has 0 radical (unpaired) electrons. The zero-order chi connectivity index (χ0) is 9.68. The van der Waals surface area contributed by atoms with Crippen LogP contribution in [0.25, 0.3) is 0 Å². The maximum atomic E-state index is 3.61. The molecule has 1 saturated carbocycles. The summed E-state index contributed by atoms with van der Waals surface area (Å²) in [6.07, 6.45) is 5.78. The summed E-state index contributed by atoms with van der Waals surface area (Å²) in [6, 6.07) is 0.724. The smallest absolute Gasteiger partial charge is 0.0101 e. The Bertz CT molecular complexity index is 128. The van der Waals surface area contributed by atoms with Gasteiger partial charge in [0.2, 0.25) is 0 Å². The van der Waals surface area contributed by atoms with Crippen molar-refractivity contribution in [2.75, 3.05) is 27.2 Å². The number of nitrogens with one attached hydrogen (secondary N) is 1. The van der Waals surface area contributed by atoms with Gasteiger partial charge in [-0.2, -0.15) is 0 Å². The number of likely N-dealkylation sites (N-methyl/N-ethyl adjacent to an activating group) is 1. The molecule has 0 aromatic rings. The van der Waals surface area contributed by atoms with Crippen molar-refractivity contribution in [1.82, 2.24) is 10.2 Å². The van der Waals surface area contributed by atoms with Gasteiger partial charge in [-0.05, 0) is 39.8 Å². The third kappa shape index (κ3) is 4.10. The molecule has 13 heavy (non-hydrogen) atoms. The molecule has 0 heterocycles. The van der Waals surface area contributed by atoms with Gasteiger partial charge in [0.15, 0.2) is 0 Å². The fraction of sp³-hybridized carbons (Fsp3) is 1.00. The van der Waals surface area contributed by atoms with Crippen LogP contribution in [0.15, 0.2) is 0 Å². The van der Waals surface area contributed by atoms with Gasteiger partial charge < -0.3 is 10.2 Å². The summed E-state index contributed by atoms with van der Waals surface area (Å²) in [6.45, 7) is 4.62. The first-order valence-corrected chi connectivity index (χ1v) is 5.58. The molecule has 1 fully saturated rings. The molecule has 0 unspecified atom stereocenters. The second-order valence-electron chi connectivity index (χ2n) is 4.59. The van der Waals surface area contributed by atoms with Gasteiger partial charge in [-0.15, -0.1) is 0 Å². The Morgan fingerprint density at radius 3 is 2.46 bits per heavy atom. The molecule has 2 heteroatoms. The Labute approximate surface area is 82.7 Å². The largest absolute Gasteiger partial charge is 0.313 e. The molecule has 1 atom stereocenters. The number of hydrogen-bond donors (Lipinski definition) is 1. The van der Waals surface area contributed by atoms with Crippen molar-refractivity contribution in [2.45, 2.75) is 38.6 Å². The predicted octanol–water partition coefficient (Wildman–Crippen LogP) is 1.72. The minimum absolute atomic E-state index is 0.724. The Balaban J connectivity index is 2.06. The SMILES string of the molecule is C[C@H](NCCN(C)C)C1CCCC1. The van der Waals surface area contributed by atoms with E-state index in [9.17, 15) is 0 Å². The normalized spacial score (nSPS) is 21.2. The molecule has 0 aliphatic heterocycles. The van der Waals surface area contributed by atoms with E-state index in [1.165, 1.54) is 25.7 Å². The van der Waals surface area contributed by atoms with Crippen molar-refractivity contribution >= 4 is 0 Å². The summed E-state index contributed by atoms with van der Waals surface area (Å²) < 4.78 is 0. The molecule has 1 aliphatic rings. The molecule has 1 rings (SSSR count). The number of hydrogen-bond acceptors (Lipinski definition) is 2. The quantitative estimate of drug-likeness (QED) is 0.700. The second-order valence-corrected chi connectivity index (χ2v) is 4.59. The molecule has 2 nitrogen and oxygen atoms in total. The molecule has 0 saturated heterocycles. The van der Waals surface area contributed by atoms with Crippen LogP contribution in [0.2, 0.25) is 0 Å². The first-order valence-electron chi connectivity index (χ1n) is 5.58. The maximum absolute atomic E-state index is 3.61. The molecule has 1 aliphatic carbocycles. The highest BCUT2D eigenvalue weighted by Crippen LogP contribution is 2.27. The highest BCUT2D eigenvalue weighted by Gasteiger charge is 2.20. The molecule has 1 N–H and O–H groups in total. The lowest BCUT2D eigenvalue weighted by Gasteiger charge is -2.21. The van der Waals surface area contributed by atoms with Crippen LogP contribution in [-0.2, 0) is 0 Å². The fourth-order valence-electron chi connectivity index (χ4n) is 2.14. The summed E-state index contributed by atoms with van der Waals surface area (Å²) in [5.74, 6) is 0.946. The third-order valence-corrected chi connectivity index (χ3v) is 3.13. The Morgan fingerprint density at radius 1 is 1.31 bits per heavy atom. The highest BCUT2D eigenvalue weighted by atomic mass is 15.1. The van der Waals surface area contributed by atoms with E-state index in [2.05, 4.69) is 31.2 Å². The van der Waals surface area contributed by atoms with E-state index in [4.69, 9.17) is 0 Å². The minimum Gasteiger partial charge on any atom is -0.313 e. The van der Waals surface area contributed by atoms with E-state index >= 15 is 0 Å². The van der Waals surface area contributed by atoms with Crippen molar-refractivity contribution < 1.29 is 0 Å². The summed E-state index contributed by atoms with van der Waals surface area (Å²) >= 11 is 0. The van der Waals surface area contributed by atoms with Crippen molar-refractivity contribution in [3.63, 3.8) is 0 Å². The minimum atomic E-state index is 0.724. The van der Waals surface area contributed by atoms with Crippen molar-refractivity contribution in [2.24, 2.45) is 5.92 Å². The Kier molecular flexibility index (Phi) is 4.74. The van der Waals surface area contributed by atoms with Crippen LogP contribution in [-0.4, -0.2) is 38.1 Å². The van der Waals surface area contributed by atoms with Crippen LogP contribution in [0, 0.1) is 5.92 Å². The van der Waals surface area contributed by atoms with Crippen LogP contribution in [0.4, 0.5) is 0 Å². The Morgan fingerprint density at radius 2 is 1.92 bits per heavy atom. The van der Waals surface area contributed by atoms with E-state index in [1.807, 2.05) is 0 Å². The number of rotatable bonds is 5. The Hall–Kier alpha value is -0.0800. The standard InChI is InChI=1S/C11H24N2/c1-10(11-6-4-5-7-11)12-8-9-13(2)3/h10-12H,4-9H2,1-3H3/t10-/m0/s1. The summed E-state index contributed by atoms with van der Waals surface area (Å²) in [4.78, 5) is 2.23. The van der Waals surface area contributed by atoms with Gasteiger partial charge in [-0.25, -0.2) is 0 Å². The number of nitrogens with zero attached hydrogens (tertiary/aromatic N) is 1. The molecular formula is C11H24N2. The van der Waals surface area contributed by atoms with Gasteiger partial charge in [0, 0.05) is 19.1 Å². The first kappa shape index (κ1) is 11.0. The van der Waals surface area contributed by atoms with E-state index in [-0.39, 0.29) is 0 Å². The van der Waals surface area contributed by atoms with E-state index in [1.54, 1.807) is 0 Å². The fourth-order valence-corrected chi connectivity index (χ4v) is 2.14. The molecule has 78 valence electrons. The molecule has 0 aromatic heterocycles. The lowest BCUT2D eigenvalue weighted by atomic mass is 10.00. The van der Waals surface area contributed by atoms with Crippen molar-refractivity contribution in [1.29, 1.82) is 0 Å². The molecule has 0 amide bonds. The zero-order valence-corrected chi connectivity index (χ0v) is 9.34.